The average Bonchev–Trinajstić information content (AvgIpc) is 2.63. The first-order valence-electron chi connectivity index (χ1n) is 8.74. The molecule has 0 aliphatic rings. The van der Waals surface area contributed by atoms with Gasteiger partial charge in [0.15, 0.2) is 5.76 Å². The topological polar surface area (TPSA) is 65.2 Å². The monoisotopic (exact) mass is 392 g/mol. The van der Waals surface area contributed by atoms with Crippen molar-refractivity contribution in [3.8, 4) is 23.1 Å². The maximum Gasteiger partial charge on any atom is 0.322 e. The van der Waals surface area contributed by atoms with E-state index in [2.05, 4.69) is 9.97 Å². The van der Waals surface area contributed by atoms with Crippen LogP contribution in [0.15, 0.2) is 57.7 Å². The third kappa shape index (κ3) is 3.49. The van der Waals surface area contributed by atoms with E-state index in [0.717, 1.165) is 17.0 Å². The fourth-order valence-corrected chi connectivity index (χ4v) is 3.12. The highest BCUT2D eigenvalue weighted by atomic mass is 35.5. The smallest absolute Gasteiger partial charge is 0.322 e. The highest BCUT2D eigenvalue weighted by Gasteiger charge is 2.20. The van der Waals surface area contributed by atoms with Crippen LogP contribution in [0.4, 0.5) is 0 Å². The van der Waals surface area contributed by atoms with Crippen LogP contribution < -0.4 is 10.2 Å². The van der Waals surface area contributed by atoms with Gasteiger partial charge < -0.3 is 9.15 Å². The molecule has 0 N–H and O–H groups in total. The van der Waals surface area contributed by atoms with Crippen LogP contribution in [-0.2, 0) is 0 Å². The van der Waals surface area contributed by atoms with Crippen molar-refractivity contribution in [2.45, 2.75) is 20.8 Å². The average molecular weight is 393 g/mol. The van der Waals surface area contributed by atoms with Crippen molar-refractivity contribution in [2.75, 3.05) is 0 Å². The van der Waals surface area contributed by atoms with Crippen molar-refractivity contribution < 1.29 is 9.15 Å². The van der Waals surface area contributed by atoms with Crippen LogP contribution in [0.3, 0.4) is 0 Å². The normalized spacial score (nSPS) is 11.0. The van der Waals surface area contributed by atoms with Crippen molar-refractivity contribution in [3.63, 3.8) is 0 Å². The standard InChI is InChI=1S/C22H17ClN2O3/c1-12-4-9-17-18(10-12)27-20(15-5-7-16(23)8-6-15)21(19(17)26)28-22-24-13(2)11-14(3)25-22/h4-11H,1-3H3. The summed E-state index contributed by atoms with van der Waals surface area (Å²) < 4.78 is 12.0. The molecule has 4 aromatic rings. The summed E-state index contributed by atoms with van der Waals surface area (Å²) in [5.74, 6) is 0.353. The molecule has 0 saturated carbocycles. The van der Waals surface area contributed by atoms with Gasteiger partial charge in [-0.2, -0.15) is 0 Å². The van der Waals surface area contributed by atoms with Gasteiger partial charge in [-0.05, 0) is 68.8 Å². The molecule has 6 heteroatoms. The molecule has 0 amide bonds. The minimum absolute atomic E-state index is 0.0451. The first-order valence-corrected chi connectivity index (χ1v) is 9.12. The summed E-state index contributed by atoms with van der Waals surface area (Å²) in [7, 11) is 0. The number of nitrogens with zero attached hydrogens (tertiary/aromatic N) is 2. The lowest BCUT2D eigenvalue weighted by molar-refractivity contribution is 0.421. The molecular formula is C22H17ClN2O3. The number of benzene rings is 2. The maximum absolute atomic E-state index is 13.2. The van der Waals surface area contributed by atoms with Gasteiger partial charge >= 0.3 is 6.01 Å². The van der Waals surface area contributed by atoms with Gasteiger partial charge in [0.25, 0.3) is 0 Å². The van der Waals surface area contributed by atoms with Crippen molar-refractivity contribution in [1.82, 2.24) is 9.97 Å². The molecular weight excluding hydrogens is 376 g/mol. The fraction of sp³-hybridized carbons (Fsp3) is 0.136. The molecule has 2 aromatic carbocycles. The predicted octanol–water partition coefficient (Wildman–Crippen LogP) is 5.62. The zero-order valence-electron chi connectivity index (χ0n) is 15.6. The Morgan fingerprint density at radius 1 is 0.929 bits per heavy atom. The molecule has 2 aromatic heterocycles. The Kier molecular flexibility index (Phi) is 4.61. The molecule has 0 unspecified atom stereocenters. The minimum Gasteiger partial charge on any atom is -0.452 e. The summed E-state index contributed by atoms with van der Waals surface area (Å²) in [4.78, 5) is 21.8. The number of ether oxygens (including phenoxy) is 1. The zero-order valence-corrected chi connectivity index (χ0v) is 16.4. The van der Waals surface area contributed by atoms with E-state index in [0.29, 0.717) is 27.3 Å². The van der Waals surface area contributed by atoms with E-state index < -0.39 is 0 Å². The lowest BCUT2D eigenvalue weighted by Crippen LogP contribution is -2.09. The second kappa shape index (κ2) is 7.09. The Bertz CT molecular complexity index is 1230. The highest BCUT2D eigenvalue weighted by Crippen LogP contribution is 2.33. The predicted molar refractivity (Wildman–Crippen MR) is 109 cm³/mol. The van der Waals surface area contributed by atoms with E-state index in [4.69, 9.17) is 20.8 Å². The number of rotatable bonds is 3. The summed E-state index contributed by atoms with van der Waals surface area (Å²) in [6.45, 7) is 5.62. The first kappa shape index (κ1) is 18.2. The number of fused-ring (bicyclic) bond motifs is 1. The van der Waals surface area contributed by atoms with Gasteiger partial charge in [0, 0.05) is 22.0 Å². The largest absolute Gasteiger partial charge is 0.452 e. The fourth-order valence-electron chi connectivity index (χ4n) is 3.00. The van der Waals surface area contributed by atoms with Gasteiger partial charge in [0.2, 0.25) is 11.2 Å². The molecule has 0 fully saturated rings. The Balaban J connectivity index is 1.97. The lowest BCUT2D eigenvalue weighted by atomic mass is 10.1. The summed E-state index contributed by atoms with van der Waals surface area (Å²) in [5, 5.41) is 1.02. The van der Waals surface area contributed by atoms with Crippen LogP contribution in [0.5, 0.6) is 11.8 Å². The van der Waals surface area contributed by atoms with Crippen molar-refractivity contribution >= 4 is 22.6 Å². The van der Waals surface area contributed by atoms with Gasteiger partial charge in [0.05, 0.1) is 5.39 Å². The SMILES string of the molecule is Cc1ccc2c(=O)c(Oc3nc(C)cc(C)n3)c(-c3ccc(Cl)cc3)oc2c1. The number of aromatic nitrogens is 2. The number of hydrogen-bond acceptors (Lipinski definition) is 5. The Hall–Kier alpha value is -3.18. The Morgan fingerprint density at radius 2 is 1.61 bits per heavy atom. The Morgan fingerprint density at radius 3 is 2.29 bits per heavy atom. The summed E-state index contributed by atoms with van der Waals surface area (Å²) in [6.07, 6.45) is 0. The molecule has 0 spiro atoms. The molecule has 2 heterocycles. The quantitative estimate of drug-likeness (QED) is 0.452. The molecule has 0 saturated heterocycles. The zero-order chi connectivity index (χ0) is 19.8. The second-order valence-corrected chi connectivity index (χ2v) is 7.07. The molecule has 4 rings (SSSR count). The van der Waals surface area contributed by atoms with Crippen molar-refractivity contribution in [3.05, 3.63) is 80.7 Å². The molecule has 5 nitrogen and oxygen atoms in total. The van der Waals surface area contributed by atoms with Crippen LogP contribution in [-0.4, -0.2) is 9.97 Å². The van der Waals surface area contributed by atoms with Crippen LogP contribution in [0.1, 0.15) is 17.0 Å². The van der Waals surface area contributed by atoms with Gasteiger partial charge in [0.1, 0.15) is 5.58 Å². The van der Waals surface area contributed by atoms with E-state index in [-0.39, 0.29) is 17.2 Å². The Labute approximate surface area is 166 Å². The molecule has 0 atom stereocenters. The summed E-state index contributed by atoms with van der Waals surface area (Å²) in [5.41, 5.74) is 3.36. The van der Waals surface area contributed by atoms with E-state index >= 15 is 0 Å². The second-order valence-electron chi connectivity index (χ2n) is 6.63. The third-order valence-corrected chi connectivity index (χ3v) is 4.52. The number of hydrogen-bond donors (Lipinski definition) is 0. The number of aryl methyl sites for hydroxylation is 3. The molecule has 140 valence electrons. The maximum atomic E-state index is 13.2. The van der Waals surface area contributed by atoms with Crippen LogP contribution in [0.25, 0.3) is 22.3 Å². The lowest BCUT2D eigenvalue weighted by Gasteiger charge is -2.11. The van der Waals surface area contributed by atoms with Crippen LogP contribution >= 0.6 is 11.6 Å². The van der Waals surface area contributed by atoms with Crippen molar-refractivity contribution in [2.24, 2.45) is 0 Å². The van der Waals surface area contributed by atoms with Gasteiger partial charge in [-0.3, -0.25) is 4.79 Å². The van der Waals surface area contributed by atoms with Gasteiger partial charge in [-0.25, -0.2) is 9.97 Å². The molecule has 0 radical (unpaired) electrons. The van der Waals surface area contributed by atoms with Gasteiger partial charge in [-0.15, -0.1) is 0 Å². The van der Waals surface area contributed by atoms with E-state index in [1.54, 1.807) is 30.3 Å². The van der Waals surface area contributed by atoms with Crippen LogP contribution in [0, 0.1) is 20.8 Å². The van der Waals surface area contributed by atoms with E-state index in [9.17, 15) is 4.79 Å². The molecule has 0 aliphatic heterocycles. The van der Waals surface area contributed by atoms with E-state index in [1.807, 2.05) is 39.0 Å². The molecule has 0 aliphatic carbocycles. The highest BCUT2D eigenvalue weighted by molar-refractivity contribution is 6.30. The van der Waals surface area contributed by atoms with Crippen LogP contribution in [0.2, 0.25) is 5.02 Å². The van der Waals surface area contributed by atoms with Gasteiger partial charge in [-0.1, -0.05) is 17.7 Å². The van der Waals surface area contributed by atoms with E-state index in [1.165, 1.54) is 0 Å². The summed E-state index contributed by atoms with van der Waals surface area (Å²) in [6, 6.07) is 14.4. The third-order valence-electron chi connectivity index (χ3n) is 4.27. The minimum atomic E-state index is -0.283. The van der Waals surface area contributed by atoms with Crippen molar-refractivity contribution in [1.29, 1.82) is 0 Å². The molecule has 0 bridgehead atoms. The first-order chi connectivity index (χ1) is 13.4. The number of halogens is 1. The summed E-state index contributed by atoms with van der Waals surface area (Å²) >= 11 is 6.01. The molecule has 28 heavy (non-hydrogen) atoms.